The summed E-state index contributed by atoms with van der Waals surface area (Å²) in [5.41, 5.74) is 0.860. The smallest absolute Gasteiger partial charge is 0.401 e. The third-order valence-corrected chi connectivity index (χ3v) is 4.56. The molecule has 1 fully saturated rings. The van der Waals surface area contributed by atoms with Gasteiger partial charge in [0.05, 0.1) is 25.3 Å². The number of methoxy groups -OCH3 is 1. The Morgan fingerprint density at radius 1 is 1.39 bits per heavy atom. The minimum absolute atomic E-state index is 0.0907. The first kappa shape index (κ1) is 22.4. The number of benzene rings is 1. The van der Waals surface area contributed by atoms with E-state index in [1.807, 2.05) is 13.0 Å². The van der Waals surface area contributed by atoms with Crippen LogP contribution in [0.2, 0.25) is 5.02 Å². The van der Waals surface area contributed by atoms with Crippen LogP contribution >= 0.6 is 11.6 Å². The van der Waals surface area contributed by atoms with Gasteiger partial charge in [0, 0.05) is 32.7 Å². The normalized spacial score (nSPS) is 18.2. The van der Waals surface area contributed by atoms with Crippen molar-refractivity contribution in [2.75, 3.05) is 40.4 Å². The fraction of sp³-hybridized carbons (Fsp3) is 0.611. The second-order valence-electron chi connectivity index (χ2n) is 6.45. The van der Waals surface area contributed by atoms with E-state index in [2.05, 4.69) is 15.6 Å². The Balaban J connectivity index is 1.92. The van der Waals surface area contributed by atoms with Crippen LogP contribution < -0.4 is 20.1 Å². The Bertz CT molecular complexity index is 686. The highest BCUT2D eigenvalue weighted by Gasteiger charge is 2.34. The molecule has 28 heavy (non-hydrogen) atoms. The molecule has 0 spiro atoms. The molecular weight excluding hydrogens is 397 g/mol. The Morgan fingerprint density at radius 2 is 2.14 bits per heavy atom. The van der Waals surface area contributed by atoms with Crippen molar-refractivity contribution >= 4 is 17.6 Å². The topological polar surface area (TPSA) is 58.1 Å². The lowest BCUT2D eigenvalue weighted by Gasteiger charge is -2.20. The molecule has 2 N–H and O–H groups in total. The molecule has 0 radical (unpaired) electrons. The molecule has 1 aliphatic heterocycles. The molecule has 1 aromatic carbocycles. The third-order valence-electron chi connectivity index (χ3n) is 4.28. The highest BCUT2D eigenvalue weighted by Crippen LogP contribution is 2.36. The fourth-order valence-corrected chi connectivity index (χ4v) is 3.37. The van der Waals surface area contributed by atoms with Gasteiger partial charge in [0.25, 0.3) is 0 Å². The molecular formula is C18H26ClF3N4O2. The van der Waals surface area contributed by atoms with Crippen LogP contribution in [0.5, 0.6) is 11.5 Å². The van der Waals surface area contributed by atoms with Gasteiger partial charge in [-0.25, -0.2) is 0 Å². The molecule has 1 aliphatic rings. The predicted octanol–water partition coefficient (Wildman–Crippen LogP) is 3.05. The van der Waals surface area contributed by atoms with E-state index in [1.165, 1.54) is 4.90 Å². The zero-order valence-electron chi connectivity index (χ0n) is 16.2. The van der Waals surface area contributed by atoms with Crippen molar-refractivity contribution < 1.29 is 22.6 Å². The van der Waals surface area contributed by atoms with Gasteiger partial charge in [-0.3, -0.25) is 9.89 Å². The van der Waals surface area contributed by atoms with Crippen molar-refractivity contribution in [3.8, 4) is 11.5 Å². The van der Waals surface area contributed by atoms with Crippen LogP contribution in [0, 0.1) is 0 Å². The van der Waals surface area contributed by atoms with Gasteiger partial charge >= 0.3 is 6.18 Å². The zero-order chi connectivity index (χ0) is 20.7. The SMILES string of the molecule is CCOc1c(Cl)cc(CNC(=NC)NC2CCN(CC(F)(F)F)C2)cc1OC. The first-order chi connectivity index (χ1) is 13.3. The molecule has 0 aliphatic carbocycles. The van der Waals surface area contributed by atoms with Crippen molar-refractivity contribution in [1.29, 1.82) is 0 Å². The van der Waals surface area contributed by atoms with Crippen LogP contribution in [0.15, 0.2) is 17.1 Å². The number of nitrogens with one attached hydrogen (secondary N) is 2. The average Bonchev–Trinajstić information content (AvgIpc) is 3.05. The van der Waals surface area contributed by atoms with Gasteiger partial charge in [-0.1, -0.05) is 11.6 Å². The van der Waals surface area contributed by atoms with E-state index in [-0.39, 0.29) is 6.04 Å². The number of guanidine groups is 1. The number of aliphatic imine (C=N–C) groups is 1. The number of hydrogen-bond donors (Lipinski definition) is 2. The van der Waals surface area contributed by atoms with E-state index in [9.17, 15) is 13.2 Å². The van der Waals surface area contributed by atoms with Gasteiger partial charge in [0.1, 0.15) is 0 Å². The van der Waals surface area contributed by atoms with Crippen LogP contribution in [0.3, 0.4) is 0 Å². The first-order valence-electron chi connectivity index (χ1n) is 9.01. The number of halogens is 4. The number of nitrogens with zero attached hydrogens (tertiary/aromatic N) is 2. The summed E-state index contributed by atoms with van der Waals surface area (Å²) in [4.78, 5) is 5.53. The zero-order valence-corrected chi connectivity index (χ0v) is 17.0. The van der Waals surface area contributed by atoms with Crippen molar-refractivity contribution in [2.24, 2.45) is 4.99 Å². The van der Waals surface area contributed by atoms with Crippen molar-refractivity contribution in [3.63, 3.8) is 0 Å². The molecule has 1 atom stereocenters. The Morgan fingerprint density at radius 3 is 2.75 bits per heavy atom. The summed E-state index contributed by atoms with van der Waals surface area (Å²) >= 11 is 6.27. The van der Waals surface area contributed by atoms with Gasteiger partial charge in [-0.15, -0.1) is 0 Å². The third kappa shape index (κ3) is 6.63. The quantitative estimate of drug-likeness (QED) is 0.522. The van der Waals surface area contributed by atoms with Gasteiger partial charge in [0.15, 0.2) is 17.5 Å². The minimum atomic E-state index is -4.18. The molecule has 1 unspecified atom stereocenters. The Kier molecular flexibility index (Phi) is 8.06. The molecule has 1 heterocycles. The summed E-state index contributed by atoms with van der Waals surface area (Å²) in [7, 11) is 3.15. The molecule has 2 rings (SSSR count). The highest BCUT2D eigenvalue weighted by atomic mass is 35.5. The Hall–Kier alpha value is -1.87. The fourth-order valence-electron chi connectivity index (χ4n) is 3.08. The van der Waals surface area contributed by atoms with E-state index in [0.717, 1.165) is 5.56 Å². The molecule has 1 aromatic rings. The summed E-state index contributed by atoms with van der Waals surface area (Å²) in [6.45, 7) is 2.59. The Labute approximate surface area is 168 Å². The van der Waals surface area contributed by atoms with Crippen molar-refractivity contribution in [2.45, 2.75) is 32.1 Å². The maximum absolute atomic E-state index is 12.5. The van der Waals surface area contributed by atoms with E-state index in [4.69, 9.17) is 21.1 Å². The molecule has 158 valence electrons. The number of hydrogen-bond acceptors (Lipinski definition) is 4. The number of likely N-dealkylation sites (tertiary alicyclic amines) is 1. The lowest BCUT2D eigenvalue weighted by molar-refractivity contribution is -0.143. The minimum Gasteiger partial charge on any atom is -0.493 e. The number of alkyl halides is 3. The first-order valence-corrected chi connectivity index (χ1v) is 9.39. The lowest BCUT2D eigenvalue weighted by atomic mass is 10.2. The summed E-state index contributed by atoms with van der Waals surface area (Å²) in [6.07, 6.45) is -3.56. The standard InChI is InChI=1S/C18H26ClF3N4O2/c1-4-28-16-14(19)7-12(8-15(16)27-3)9-24-17(23-2)25-13-5-6-26(10-13)11-18(20,21)22/h7-8,13H,4-6,9-11H2,1-3H3,(H2,23,24,25). The molecule has 0 saturated carbocycles. The number of ether oxygens (including phenoxy) is 2. The number of rotatable bonds is 7. The lowest BCUT2D eigenvalue weighted by Crippen LogP contribution is -2.44. The van der Waals surface area contributed by atoms with Crippen LogP contribution in [-0.4, -0.2) is 63.5 Å². The maximum Gasteiger partial charge on any atom is 0.401 e. The van der Waals surface area contributed by atoms with Gasteiger partial charge in [0.2, 0.25) is 0 Å². The van der Waals surface area contributed by atoms with E-state index in [1.54, 1.807) is 20.2 Å². The molecule has 0 amide bonds. The van der Waals surface area contributed by atoms with Crippen molar-refractivity contribution in [1.82, 2.24) is 15.5 Å². The molecule has 0 bridgehead atoms. The van der Waals surface area contributed by atoms with Gasteiger partial charge < -0.3 is 20.1 Å². The molecule has 6 nitrogen and oxygen atoms in total. The highest BCUT2D eigenvalue weighted by molar-refractivity contribution is 6.32. The average molecular weight is 423 g/mol. The van der Waals surface area contributed by atoms with Gasteiger partial charge in [-0.2, -0.15) is 13.2 Å². The van der Waals surface area contributed by atoms with E-state index in [0.29, 0.717) is 55.1 Å². The van der Waals surface area contributed by atoms with Crippen LogP contribution in [0.1, 0.15) is 18.9 Å². The van der Waals surface area contributed by atoms with Crippen LogP contribution in [-0.2, 0) is 6.54 Å². The monoisotopic (exact) mass is 422 g/mol. The van der Waals surface area contributed by atoms with E-state index < -0.39 is 12.7 Å². The van der Waals surface area contributed by atoms with Gasteiger partial charge in [-0.05, 0) is 31.0 Å². The predicted molar refractivity (Wildman–Crippen MR) is 103 cm³/mol. The second kappa shape index (κ2) is 10.1. The van der Waals surface area contributed by atoms with Crippen LogP contribution in [0.4, 0.5) is 13.2 Å². The summed E-state index contributed by atoms with van der Waals surface area (Å²) in [5.74, 6) is 1.55. The molecule has 10 heteroatoms. The molecule has 0 aromatic heterocycles. The second-order valence-corrected chi connectivity index (χ2v) is 6.86. The van der Waals surface area contributed by atoms with Crippen LogP contribution in [0.25, 0.3) is 0 Å². The summed E-state index contributed by atoms with van der Waals surface area (Å²) in [5, 5.41) is 6.76. The maximum atomic E-state index is 12.5. The largest absolute Gasteiger partial charge is 0.493 e. The summed E-state index contributed by atoms with van der Waals surface area (Å²) in [6, 6.07) is 3.50. The van der Waals surface area contributed by atoms with Crippen molar-refractivity contribution in [3.05, 3.63) is 22.7 Å². The molecule has 1 saturated heterocycles. The summed E-state index contributed by atoms with van der Waals surface area (Å²) < 4.78 is 48.4. The van der Waals surface area contributed by atoms with E-state index >= 15 is 0 Å².